The normalized spacial score (nSPS) is 10.6. The summed E-state index contributed by atoms with van der Waals surface area (Å²) in [5.74, 6) is 0.193. The van der Waals surface area contributed by atoms with Crippen LogP contribution in [0.25, 0.3) is 0 Å². The van der Waals surface area contributed by atoms with E-state index in [2.05, 4.69) is 34.6 Å². The van der Waals surface area contributed by atoms with E-state index in [9.17, 15) is 5.11 Å². The molecule has 2 aromatic carbocycles. The number of aromatic hydroxyl groups is 1. The molecule has 5 nitrogen and oxygen atoms in total. The van der Waals surface area contributed by atoms with Crippen LogP contribution in [0, 0.1) is 0 Å². The van der Waals surface area contributed by atoms with E-state index in [0.29, 0.717) is 17.2 Å². The Labute approximate surface area is 154 Å². The van der Waals surface area contributed by atoms with Gasteiger partial charge in [0.2, 0.25) is 0 Å². The Bertz CT molecular complexity index is 715. The van der Waals surface area contributed by atoms with Crippen molar-refractivity contribution in [2.45, 2.75) is 20.4 Å². The van der Waals surface area contributed by atoms with Crippen molar-refractivity contribution in [2.75, 3.05) is 18.0 Å². The highest BCUT2D eigenvalue weighted by molar-refractivity contribution is 7.80. The van der Waals surface area contributed by atoms with Crippen LogP contribution in [-0.2, 0) is 6.54 Å². The zero-order valence-corrected chi connectivity index (χ0v) is 15.4. The molecule has 2 rings (SSSR count). The van der Waals surface area contributed by atoms with E-state index >= 15 is 0 Å². The van der Waals surface area contributed by atoms with E-state index in [4.69, 9.17) is 12.2 Å². The lowest BCUT2D eigenvalue weighted by atomic mass is 10.2. The third-order valence-electron chi connectivity index (χ3n) is 3.81. The van der Waals surface area contributed by atoms with E-state index in [1.807, 2.05) is 42.5 Å². The molecular formula is C19H24N4OS. The Morgan fingerprint density at radius 1 is 1.16 bits per heavy atom. The molecule has 0 amide bonds. The number of hydrazone groups is 1. The Morgan fingerprint density at radius 2 is 1.88 bits per heavy atom. The zero-order chi connectivity index (χ0) is 18.1. The Morgan fingerprint density at radius 3 is 2.52 bits per heavy atom. The van der Waals surface area contributed by atoms with Crippen LogP contribution in [0.4, 0.5) is 5.69 Å². The number of phenols is 1. The topological polar surface area (TPSA) is 59.9 Å². The molecule has 0 unspecified atom stereocenters. The molecular weight excluding hydrogens is 332 g/mol. The lowest BCUT2D eigenvalue weighted by molar-refractivity contribution is 0.474. The van der Waals surface area contributed by atoms with Gasteiger partial charge in [0.05, 0.1) is 6.21 Å². The van der Waals surface area contributed by atoms with E-state index in [1.54, 1.807) is 12.3 Å². The van der Waals surface area contributed by atoms with Crippen molar-refractivity contribution in [3.8, 4) is 5.75 Å². The second-order valence-corrected chi connectivity index (χ2v) is 5.86. The van der Waals surface area contributed by atoms with Crippen LogP contribution in [0.3, 0.4) is 0 Å². The fourth-order valence-electron chi connectivity index (χ4n) is 2.40. The van der Waals surface area contributed by atoms with Gasteiger partial charge in [0.1, 0.15) is 5.75 Å². The molecule has 0 fully saturated rings. The zero-order valence-electron chi connectivity index (χ0n) is 14.6. The van der Waals surface area contributed by atoms with Crippen LogP contribution < -0.4 is 15.6 Å². The van der Waals surface area contributed by atoms with Crippen molar-refractivity contribution in [3.05, 3.63) is 59.7 Å². The minimum absolute atomic E-state index is 0.193. The lowest BCUT2D eigenvalue weighted by Crippen LogP contribution is -2.31. The highest BCUT2D eigenvalue weighted by Crippen LogP contribution is 2.23. The molecule has 0 spiro atoms. The van der Waals surface area contributed by atoms with Crippen LogP contribution in [0.1, 0.15) is 25.0 Å². The van der Waals surface area contributed by atoms with Gasteiger partial charge < -0.3 is 15.3 Å². The number of rotatable bonds is 7. The number of hydrogen-bond donors (Lipinski definition) is 3. The quantitative estimate of drug-likeness (QED) is 0.404. The van der Waals surface area contributed by atoms with Gasteiger partial charge in [-0.1, -0.05) is 30.3 Å². The molecule has 6 heteroatoms. The highest BCUT2D eigenvalue weighted by atomic mass is 32.1. The molecule has 25 heavy (non-hydrogen) atoms. The Kier molecular flexibility index (Phi) is 7.22. The van der Waals surface area contributed by atoms with Crippen molar-refractivity contribution in [1.82, 2.24) is 10.7 Å². The van der Waals surface area contributed by atoms with Crippen molar-refractivity contribution in [1.29, 1.82) is 0 Å². The molecule has 0 aliphatic rings. The molecule has 0 bridgehead atoms. The van der Waals surface area contributed by atoms with Crippen molar-refractivity contribution < 1.29 is 5.11 Å². The molecule has 0 saturated heterocycles. The molecule has 0 aliphatic carbocycles. The summed E-state index contributed by atoms with van der Waals surface area (Å²) >= 11 is 5.18. The monoisotopic (exact) mass is 356 g/mol. The first kappa shape index (κ1) is 18.7. The van der Waals surface area contributed by atoms with E-state index in [1.165, 1.54) is 0 Å². The fraction of sp³-hybridized carbons (Fsp3) is 0.263. The summed E-state index contributed by atoms with van der Waals surface area (Å²) in [5, 5.41) is 17.7. The van der Waals surface area contributed by atoms with Gasteiger partial charge in [0, 0.05) is 37.0 Å². The van der Waals surface area contributed by atoms with Crippen LogP contribution in [-0.4, -0.2) is 29.5 Å². The van der Waals surface area contributed by atoms with Crippen molar-refractivity contribution >= 4 is 29.2 Å². The summed E-state index contributed by atoms with van der Waals surface area (Å²) in [4.78, 5) is 2.17. The molecule has 0 saturated carbocycles. The smallest absolute Gasteiger partial charge is 0.187 e. The summed E-state index contributed by atoms with van der Waals surface area (Å²) in [6, 6.07) is 15.5. The number of nitrogens with zero attached hydrogens (tertiary/aromatic N) is 2. The third-order valence-corrected chi connectivity index (χ3v) is 4.04. The second-order valence-electron chi connectivity index (χ2n) is 5.45. The molecule has 0 atom stereocenters. The predicted molar refractivity (Wildman–Crippen MR) is 108 cm³/mol. The van der Waals surface area contributed by atoms with Gasteiger partial charge in [-0.25, -0.2) is 0 Å². The summed E-state index contributed by atoms with van der Waals surface area (Å²) < 4.78 is 0. The molecule has 3 N–H and O–H groups in total. The number of anilines is 1. The molecule has 132 valence electrons. The number of hydrogen-bond acceptors (Lipinski definition) is 4. The first-order chi connectivity index (χ1) is 12.1. The van der Waals surface area contributed by atoms with Gasteiger partial charge in [-0.15, -0.1) is 0 Å². The summed E-state index contributed by atoms with van der Waals surface area (Å²) in [6.07, 6.45) is 1.55. The van der Waals surface area contributed by atoms with Gasteiger partial charge >= 0.3 is 0 Å². The van der Waals surface area contributed by atoms with Gasteiger partial charge in [-0.3, -0.25) is 5.43 Å². The van der Waals surface area contributed by atoms with Gasteiger partial charge in [-0.05, 0) is 43.8 Å². The number of benzene rings is 2. The maximum absolute atomic E-state index is 10.2. The maximum Gasteiger partial charge on any atom is 0.187 e. The van der Waals surface area contributed by atoms with Gasteiger partial charge in [0.15, 0.2) is 5.11 Å². The molecule has 0 radical (unpaired) electrons. The van der Waals surface area contributed by atoms with E-state index in [-0.39, 0.29) is 5.75 Å². The van der Waals surface area contributed by atoms with Crippen molar-refractivity contribution in [2.24, 2.45) is 5.10 Å². The average Bonchev–Trinajstić information content (AvgIpc) is 2.63. The fourth-order valence-corrected chi connectivity index (χ4v) is 2.53. The number of thiocarbonyl (C=S) groups is 1. The largest absolute Gasteiger partial charge is 0.507 e. The number of phenolic OH excluding ortho intramolecular Hbond substituents is 1. The summed E-state index contributed by atoms with van der Waals surface area (Å²) in [6.45, 7) is 6.59. The van der Waals surface area contributed by atoms with Gasteiger partial charge in [0.25, 0.3) is 0 Å². The van der Waals surface area contributed by atoms with Crippen molar-refractivity contribution in [3.63, 3.8) is 0 Å². The SMILES string of the molecule is CCN(CC)c1ccc(/C=N/NC(=S)NCc2ccccc2)c(O)c1. The summed E-state index contributed by atoms with van der Waals surface area (Å²) in [5.41, 5.74) is 5.52. The minimum atomic E-state index is 0.193. The minimum Gasteiger partial charge on any atom is -0.507 e. The first-order valence-corrected chi connectivity index (χ1v) is 8.73. The van der Waals surface area contributed by atoms with Crippen LogP contribution >= 0.6 is 12.2 Å². The van der Waals surface area contributed by atoms with Crippen LogP contribution in [0.5, 0.6) is 5.75 Å². The van der Waals surface area contributed by atoms with E-state index < -0.39 is 0 Å². The standard InChI is InChI=1S/C19H24N4OS/c1-3-23(4-2)17-11-10-16(18(24)12-17)14-21-22-19(25)20-13-15-8-6-5-7-9-15/h5-12,14,24H,3-4,13H2,1-2H3,(H2,20,22,25)/b21-14+. The van der Waals surface area contributed by atoms with Crippen LogP contribution in [0.2, 0.25) is 0 Å². The average molecular weight is 356 g/mol. The Balaban J connectivity index is 1.87. The highest BCUT2D eigenvalue weighted by Gasteiger charge is 2.05. The lowest BCUT2D eigenvalue weighted by Gasteiger charge is -2.21. The van der Waals surface area contributed by atoms with E-state index in [0.717, 1.165) is 24.3 Å². The maximum atomic E-state index is 10.2. The molecule has 2 aromatic rings. The first-order valence-electron chi connectivity index (χ1n) is 8.32. The summed E-state index contributed by atoms with van der Waals surface area (Å²) in [7, 11) is 0. The van der Waals surface area contributed by atoms with Crippen LogP contribution in [0.15, 0.2) is 53.6 Å². The van der Waals surface area contributed by atoms with Gasteiger partial charge in [-0.2, -0.15) is 5.10 Å². The second kappa shape index (κ2) is 9.64. The third kappa shape index (κ3) is 5.76. The molecule has 0 aliphatic heterocycles. The predicted octanol–water partition coefficient (Wildman–Crippen LogP) is 3.24. The number of nitrogens with one attached hydrogen (secondary N) is 2. The Hall–Kier alpha value is -2.60. The molecule has 0 aromatic heterocycles. The molecule has 0 heterocycles.